The Morgan fingerprint density at radius 1 is 1.00 bits per heavy atom. The minimum atomic E-state index is -0.919. The monoisotopic (exact) mass is 324 g/mol. The largest absolute Gasteiger partial charge is 0.465 e. The maximum absolute atomic E-state index is 13.2. The number of aryl methyl sites for hydroxylation is 3. The minimum Gasteiger partial charge on any atom is -0.465 e. The van der Waals surface area contributed by atoms with Crippen LogP contribution in [-0.2, 0) is 9.53 Å². The van der Waals surface area contributed by atoms with Crippen molar-refractivity contribution in [3.8, 4) is 0 Å². The van der Waals surface area contributed by atoms with Gasteiger partial charge in [-0.3, -0.25) is 9.59 Å². The molecule has 0 radical (unpaired) electrons. The summed E-state index contributed by atoms with van der Waals surface area (Å²) in [6.45, 7) is 8.07. The van der Waals surface area contributed by atoms with Gasteiger partial charge in [0.2, 0.25) is 0 Å². The summed E-state index contributed by atoms with van der Waals surface area (Å²) in [5.41, 5.74) is 4.17. The number of rotatable bonds is 6. The van der Waals surface area contributed by atoms with E-state index in [9.17, 15) is 9.59 Å². The van der Waals surface area contributed by atoms with E-state index in [0.29, 0.717) is 17.7 Å². The molecule has 3 heteroatoms. The van der Waals surface area contributed by atoms with Gasteiger partial charge in [0, 0.05) is 5.56 Å². The van der Waals surface area contributed by atoms with Crippen molar-refractivity contribution < 1.29 is 14.3 Å². The normalized spacial score (nSPS) is 11.8. The van der Waals surface area contributed by atoms with Crippen molar-refractivity contribution in [3.05, 3.63) is 70.3 Å². The van der Waals surface area contributed by atoms with Crippen molar-refractivity contribution in [3.63, 3.8) is 0 Å². The fraction of sp³-hybridized carbons (Fsp3) is 0.333. The van der Waals surface area contributed by atoms with Crippen molar-refractivity contribution in [2.24, 2.45) is 0 Å². The number of ether oxygens (including phenoxy) is 1. The Morgan fingerprint density at radius 3 is 2.12 bits per heavy atom. The summed E-state index contributed by atoms with van der Waals surface area (Å²) in [7, 11) is 0. The molecular weight excluding hydrogens is 300 g/mol. The van der Waals surface area contributed by atoms with Gasteiger partial charge in [-0.25, -0.2) is 0 Å². The third kappa shape index (κ3) is 3.91. The van der Waals surface area contributed by atoms with Crippen LogP contribution in [-0.4, -0.2) is 18.4 Å². The lowest BCUT2D eigenvalue weighted by molar-refractivity contribution is -0.144. The molecular formula is C21H24O3. The van der Waals surface area contributed by atoms with E-state index < -0.39 is 11.9 Å². The lowest BCUT2D eigenvalue weighted by Gasteiger charge is -2.18. The molecule has 0 N–H and O–H groups in total. The first kappa shape index (κ1) is 17.9. The van der Waals surface area contributed by atoms with Crippen LogP contribution in [0.2, 0.25) is 0 Å². The first-order chi connectivity index (χ1) is 11.5. The first-order valence-electron chi connectivity index (χ1n) is 8.29. The average molecular weight is 324 g/mol. The summed E-state index contributed by atoms with van der Waals surface area (Å²) >= 11 is 0. The minimum absolute atomic E-state index is 0.197. The molecule has 0 fully saturated rings. The van der Waals surface area contributed by atoms with Crippen molar-refractivity contribution in [2.45, 2.75) is 40.0 Å². The van der Waals surface area contributed by atoms with Gasteiger partial charge in [0.05, 0.1) is 6.61 Å². The molecule has 0 bridgehead atoms. The van der Waals surface area contributed by atoms with E-state index in [-0.39, 0.29) is 5.78 Å². The molecule has 0 heterocycles. The molecule has 0 aliphatic carbocycles. The maximum atomic E-state index is 13.2. The topological polar surface area (TPSA) is 43.4 Å². The van der Waals surface area contributed by atoms with E-state index in [1.54, 1.807) is 12.1 Å². The van der Waals surface area contributed by atoms with Gasteiger partial charge in [0.25, 0.3) is 0 Å². The molecule has 2 rings (SSSR count). The lowest BCUT2D eigenvalue weighted by atomic mass is 9.86. The van der Waals surface area contributed by atoms with Crippen LogP contribution in [0.1, 0.15) is 51.9 Å². The van der Waals surface area contributed by atoms with E-state index >= 15 is 0 Å². The van der Waals surface area contributed by atoms with Gasteiger partial charge in [-0.1, -0.05) is 55.0 Å². The lowest BCUT2D eigenvalue weighted by Crippen LogP contribution is -2.26. The summed E-state index contributed by atoms with van der Waals surface area (Å²) in [5, 5.41) is 0. The zero-order valence-electron chi connectivity index (χ0n) is 14.8. The quantitative estimate of drug-likeness (QED) is 0.445. The molecule has 2 aromatic rings. The number of hydrogen-bond donors (Lipinski definition) is 0. The van der Waals surface area contributed by atoms with Crippen molar-refractivity contribution in [1.82, 2.24) is 0 Å². The van der Waals surface area contributed by atoms with Crippen LogP contribution in [0.4, 0.5) is 0 Å². The Balaban J connectivity index is 2.48. The first-order valence-corrected chi connectivity index (χ1v) is 8.29. The van der Waals surface area contributed by atoms with Crippen LogP contribution in [0.5, 0.6) is 0 Å². The molecule has 1 atom stereocenters. The zero-order valence-corrected chi connectivity index (χ0v) is 14.8. The molecule has 0 saturated heterocycles. The van der Waals surface area contributed by atoms with Gasteiger partial charge in [-0.2, -0.15) is 0 Å². The van der Waals surface area contributed by atoms with Crippen LogP contribution in [0.25, 0.3) is 0 Å². The highest BCUT2D eigenvalue weighted by Gasteiger charge is 2.32. The zero-order chi connectivity index (χ0) is 17.7. The summed E-state index contributed by atoms with van der Waals surface area (Å²) in [4.78, 5) is 25.8. The standard InChI is InChI=1S/C21H24O3/c1-5-11-24-21(23)19(17-9-7-6-8-10-17)20(22)18-15(3)12-14(2)13-16(18)4/h6-10,12-13,19H,5,11H2,1-4H3. The molecule has 0 aliphatic heterocycles. The Hall–Kier alpha value is -2.42. The third-order valence-corrected chi connectivity index (χ3v) is 4.00. The van der Waals surface area contributed by atoms with Crippen molar-refractivity contribution >= 4 is 11.8 Å². The average Bonchev–Trinajstić information content (AvgIpc) is 2.53. The Morgan fingerprint density at radius 2 is 1.58 bits per heavy atom. The third-order valence-electron chi connectivity index (χ3n) is 4.00. The number of benzene rings is 2. The molecule has 0 aliphatic rings. The summed E-state index contributed by atoms with van der Waals surface area (Å²) in [6, 6.07) is 13.1. The molecule has 0 amide bonds. The Kier molecular flexibility index (Phi) is 5.91. The molecule has 2 aromatic carbocycles. The number of Topliss-reactive ketones (excluding diaryl/α,β-unsaturated/α-hetero) is 1. The number of ketones is 1. The van der Waals surface area contributed by atoms with Gasteiger partial charge in [-0.05, 0) is 43.9 Å². The Bertz CT molecular complexity index is 709. The fourth-order valence-electron chi connectivity index (χ4n) is 3.04. The highest BCUT2D eigenvalue weighted by Crippen LogP contribution is 2.27. The van der Waals surface area contributed by atoms with Crippen LogP contribution < -0.4 is 0 Å². The number of carbonyl (C=O) groups excluding carboxylic acids is 2. The molecule has 126 valence electrons. The summed E-state index contributed by atoms with van der Waals surface area (Å²) in [5.74, 6) is -1.59. The van der Waals surface area contributed by atoms with Gasteiger partial charge in [-0.15, -0.1) is 0 Å². The molecule has 0 spiro atoms. The van der Waals surface area contributed by atoms with E-state index in [1.165, 1.54) is 0 Å². The predicted octanol–water partition coefficient (Wildman–Crippen LogP) is 4.53. The van der Waals surface area contributed by atoms with Crippen LogP contribution >= 0.6 is 0 Å². The summed E-state index contributed by atoms with van der Waals surface area (Å²) in [6.07, 6.45) is 0.726. The van der Waals surface area contributed by atoms with Gasteiger partial charge in [0.1, 0.15) is 5.92 Å². The summed E-state index contributed by atoms with van der Waals surface area (Å²) < 4.78 is 5.29. The molecule has 24 heavy (non-hydrogen) atoms. The van der Waals surface area contributed by atoms with E-state index in [0.717, 1.165) is 23.1 Å². The number of carbonyl (C=O) groups is 2. The van der Waals surface area contributed by atoms with Gasteiger partial charge < -0.3 is 4.74 Å². The van der Waals surface area contributed by atoms with Crippen molar-refractivity contribution in [2.75, 3.05) is 6.61 Å². The SMILES string of the molecule is CCCOC(=O)C(C(=O)c1c(C)cc(C)cc1C)c1ccccc1. The highest BCUT2D eigenvalue weighted by atomic mass is 16.5. The fourth-order valence-corrected chi connectivity index (χ4v) is 3.04. The van der Waals surface area contributed by atoms with Crippen LogP contribution in [0, 0.1) is 20.8 Å². The van der Waals surface area contributed by atoms with E-state index in [2.05, 4.69) is 0 Å². The second kappa shape index (κ2) is 7.91. The second-order valence-corrected chi connectivity index (χ2v) is 6.15. The predicted molar refractivity (Wildman–Crippen MR) is 95.4 cm³/mol. The molecule has 0 aromatic heterocycles. The van der Waals surface area contributed by atoms with Gasteiger partial charge in [0.15, 0.2) is 5.78 Å². The van der Waals surface area contributed by atoms with E-state index in [1.807, 2.05) is 58.0 Å². The Labute approximate surface area is 143 Å². The van der Waals surface area contributed by atoms with E-state index in [4.69, 9.17) is 4.74 Å². The number of esters is 1. The smallest absolute Gasteiger partial charge is 0.321 e. The maximum Gasteiger partial charge on any atom is 0.321 e. The van der Waals surface area contributed by atoms with Crippen LogP contribution in [0.3, 0.4) is 0 Å². The molecule has 1 unspecified atom stereocenters. The molecule has 3 nitrogen and oxygen atoms in total. The number of hydrogen-bond acceptors (Lipinski definition) is 3. The van der Waals surface area contributed by atoms with Crippen LogP contribution in [0.15, 0.2) is 42.5 Å². The highest BCUT2D eigenvalue weighted by molar-refractivity contribution is 6.14. The van der Waals surface area contributed by atoms with Gasteiger partial charge >= 0.3 is 5.97 Å². The second-order valence-electron chi connectivity index (χ2n) is 6.15. The van der Waals surface area contributed by atoms with Crippen molar-refractivity contribution in [1.29, 1.82) is 0 Å². The molecule has 0 saturated carbocycles.